The van der Waals surface area contributed by atoms with Gasteiger partial charge < -0.3 is 14.8 Å². The van der Waals surface area contributed by atoms with Crippen molar-refractivity contribution in [1.29, 1.82) is 0 Å². The maximum atomic E-state index is 12.5. The Morgan fingerprint density at radius 1 is 1.16 bits per heavy atom. The number of hydrogen-bond donors (Lipinski definition) is 1. The van der Waals surface area contributed by atoms with Crippen molar-refractivity contribution < 1.29 is 14.3 Å². The molecule has 1 amide bonds. The molecule has 3 aromatic rings. The van der Waals surface area contributed by atoms with Crippen molar-refractivity contribution in [3.8, 4) is 22.9 Å². The van der Waals surface area contributed by atoms with E-state index in [0.717, 1.165) is 11.1 Å². The zero-order valence-corrected chi connectivity index (χ0v) is 18.7. The average Bonchev–Trinajstić information content (AvgIpc) is 3.20. The highest BCUT2D eigenvalue weighted by atomic mass is 32.2. The molecule has 1 unspecified atom stereocenters. The quantitative estimate of drug-likeness (QED) is 0.379. The van der Waals surface area contributed by atoms with E-state index >= 15 is 0 Å². The van der Waals surface area contributed by atoms with Gasteiger partial charge in [-0.05, 0) is 30.7 Å². The number of nitrogens with one attached hydrogen (secondary N) is 1. The van der Waals surface area contributed by atoms with E-state index in [0.29, 0.717) is 29.0 Å². The lowest BCUT2D eigenvalue weighted by Crippen LogP contribution is -2.28. The molecule has 0 spiro atoms. The minimum atomic E-state index is -0.0674. The number of nitrogens with zero attached hydrogens (tertiary/aromatic N) is 3. The molecule has 31 heavy (non-hydrogen) atoms. The molecule has 1 N–H and O–H groups in total. The van der Waals surface area contributed by atoms with Crippen molar-refractivity contribution in [1.82, 2.24) is 20.1 Å². The fraction of sp³-hybridized carbons (Fsp3) is 0.261. The van der Waals surface area contributed by atoms with Gasteiger partial charge in [0.1, 0.15) is 0 Å². The van der Waals surface area contributed by atoms with Gasteiger partial charge in [0.25, 0.3) is 0 Å². The summed E-state index contributed by atoms with van der Waals surface area (Å²) in [4.78, 5) is 12.5. The summed E-state index contributed by atoms with van der Waals surface area (Å²) in [5.74, 6) is 2.08. The molecule has 1 aromatic heterocycles. The Hall–Kier alpha value is -3.26. The van der Waals surface area contributed by atoms with Crippen molar-refractivity contribution in [3.63, 3.8) is 0 Å². The van der Waals surface area contributed by atoms with E-state index in [4.69, 9.17) is 9.47 Å². The van der Waals surface area contributed by atoms with Crippen LogP contribution in [0.4, 0.5) is 0 Å². The average molecular weight is 439 g/mol. The van der Waals surface area contributed by atoms with Gasteiger partial charge in [-0.1, -0.05) is 48.2 Å². The molecule has 2 aromatic carbocycles. The number of amides is 1. The maximum Gasteiger partial charge on any atom is 0.230 e. The Balaban J connectivity index is 1.73. The first kappa shape index (κ1) is 22.4. The lowest BCUT2D eigenvalue weighted by molar-refractivity contribution is -0.119. The van der Waals surface area contributed by atoms with E-state index < -0.39 is 0 Å². The van der Waals surface area contributed by atoms with Gasteiger partial charge >= 0.3 is 0 Å². The summed E-state index contributed by atoms with van der Waals surface area (Å²) in [6.45, 7) is 6.31. The molecular formula is C23H26N4O3S. The number of benzene rings is 2. The number of allylic oxidation sites excluding steroid dienone is 1. The molecule has 0 saturated heterocycles. The predicted molar refractivity (Wildman–Crippen MR) is 122 cm³/mol. The number of carbonyl (C=O) groups excluding carboxylic acids is 1. The minimum absolute atomic E-state index is 0.0670. The fourth-order valence-corrected chi connectivity index (χ4v) is 3.88. The highest BCUT2D eigenvalue weighted by Gasteiger charge is 2.17. The Kier molecular flexibility index (Phi) is 7.72. The summed E-state index contributed by atoms with van der Waals surface area (Å²) in [6, 6.07) is 15.4. The van der Waals surface area contributed by atoms with Crippen molar-refractivity contribution in [2.75, 3.05) is 20.0 Å². The van der Waals surface area contributed by atoms with Crippen LogP contribution < -0.4 is 14.8 Å². The summed E-state index contributed by atoms with van der Waals surface area (Å²) in [6.07, 6.45) is 1.77. The number of ether oxygens (including phenoxy) is 2. The van der Waals surface area contributed by atoms with Crippen LogP contribution in [-0.4, -0.2) is 40.6 Å². The summed E-state index contributed by atoms with van der Waals surface area (Å²) in [5, 5.41) is 12.3. The van der Waals surface area contributed by atoms with E-state index in [1.807, 2.05) is 60.0 Å². The van der Waals surface area contributed by atoms with Crippen molar-refractivity contribution >= 4 is 17.7 Å². The highest BCUT2D eigenvalue weighted by Crippen LogP contribution is 2.33. The fourth-order valence-electron chi connectivity index (χ4n) is 3.12. The third kappa shape index (κ3) is 5.46. The summed E-state index contributed by atoms with van der Waals surface area (Å²) in [5.41, 5.74) is 1.90. The number of thioether (sulfide) groups is 1. The normalized spacial score (nSPS) is 11.6. The van der Waals surface area contributed by atoms with Crippen LogP contribution in [0.5, 0.6) is 11.5 Å². The first-order valence-corrected chi connectivity index (χ1v) is 10.8. The Morgan fingerprint density at radius 2 is 1.90 bits per heavy atom. The zero-order valence-electron chi connectivity index (χ0n) is 17.9. The van der Waals surface area contributed by atoms with Gasteiger partial charge in [0.05, 0.1) is 26.0 Å². The van der Waals surface area contributed by atoms with Crippen LogP contribution in [0.1, 0.15) is 18.5 Å². The minimum Gasteiger partial charge on any atom is -0.493 e. The Labute approximate surface area is 186 Å². The second-order valence-electron chi connectivity index (χ2n) is 6.76. The maximum absolute atomic E-state index is 12.5. The molecule has 0 aliphatic heterocycles. The summed E-state index contributed by atoms with van der Waals surface area (Å²) >= 11 is 1.34. The number of rotatable bonds is 10. The summed E-state index contributed by atoms with van der Waals surface area (Å²) < 4.78 is 12.6. The van der Waals surface area contributed by atoms with E-state index in [-0.39, 0.29) is 17.7 Å². The van der Waals surface area contributed by atoms with Crippen LogP contribution in [0.2, 0.25) is 0 Å². The SMILES string of the molecule is C=CCn1c(SCC(=O)NC(C)c2ccccc2)nnc1-c1ccc(OC)c(OC)c1. The molecule has 1 atom stereocenters. The van der Waals surface area contributed by atoms with Gasteiger partial charge in [-0.3, -0.25) is 9.36 Å². The molecule has 0 aliphatic rings. The molecule has 0 saturated carbocycles. The molecule has 8 heteroatoms. The number of methoxy groups -OCH3 is 2. The smallest absolute Gasteiger partial charge is 0.230 e. The molecule has 0 bridgehead atoms. The van der Waals surface area contributed by atoms with E-state index in [2.05, 4.69) is 22.1 Å². The van der Waals surface area contributed by atoms with Crippen molar-refractivity contribution in [2.45, 2.75) is 24.7 Å². The Morgan fingerprint density at radius 3 is 2.58 bits per heavy atom. The van der Waals surface area contributed by atoms with Crippen LogP contribution in [0.3, 0.4) is 0 Å². The monoisotopic (exact) mass is 438 g/mol. The van der Waals surface area contributed by atoms with Crippen LogP contribution in [-0.2, 0) is 11.3 Å². The van der Waals surface area contributed by atoms with E-state index in [9.17, 15) is 4.79 Å². The van der Waals surface area contributed by atoms with Crippen molar-refractivity contribution in [2.24, 2.45) is 0 Å². The highest BCUT2D eigenvalue weighted by molar-refractivity contribution is 7.99. The number of hydrogen-bond acceptors (Lipinski definition) is 6. The standard InChI is InChI=1S/C23H26N4O3S/c1-5-13-27-22(18-11-12-19(29-3)20(14-18)30-4)25-26-23(27)31-15-21(28)24-16(2)17-9-7-6-8-10-17/h5-12,14,16H,1,13,15H2,2-4H3,(H,24,28). The molecule has 3 rings (SSSR count). The second kappa shape index (κ2) is 10.7. The first-order valence-electron chi connectivity index (χ1n) is 9.81. The van der Waals surface area contributed by atoms with Crippen molar-refractivity contribution in [3.05, 3.63) is 66.7 Å². The van der Waals surface area contributed by atoms with Crippen LogP contribution in [0.15, 0.2) is 66.3 Å². The van der Waals surface area contributed by atoms with E-state index in [1.165, 1.54) is 11.8 Å². The predicted octanol–water partition coefficient (Wildman–Crippen LogP) is 4.12. The second-order valence-corrected chi connectivity index (χ2v) is 7.71. The lowest BCUT2D eigenvalue weighted by atomic mass is 10.1. The Bertz CT molecular complexity index is 1040. The van der Waals surface area contributed by atoms with Gasteiger partial charge in [0.15, 0.2) is 22.5 Å². The van der Waals surface area contributed by atoms with Gasteiger partial charge in [0.2, 0.25) is 5.91 Å². The molecular weight excluding hydrogens is 412 g/mol. The third-order valence-electron chi connectivity index (χ3n) is 4.68. The van der Waals surface area contributed by atoms with E-state index in [1.54, 1.807) is 20.3 Å². The molecule has 1 heterocycles. The first-order chi connectivity index (χ1) is 15.1. The molecule has 7 nitrogen and oxygen atoms in total. The zero-order chi connectivity index (χ0) is 22.2. The van der Waals surface area contributed by atoms with Crippen LogP contribution in [0, 0.1) is 0 Å². The molecule has 0 aliphatic carbocycles. The number of carbonyl (C=O) groups is 1. The third-order valence-corrected chi connectivity index (χ3v) is 5.65. The molecule has 0 radical (unpaired) electrons. The molecule has 0 fully saturated rings. The molecule has 162 valence electrons. The summed E-state index contributed by atoms with van der Waals surface area (Å²) in [7, 11) is 3.18. The van der Waals surface area contributed by atoms with Crippen LogP contribution >= 0.6 is 11.8 Å². The van der Waals surface area contributed by atoms with Gasteiger partial charge in [-0.25, -0.2) is 0 Å². The lowest BCUT2D eigenvalue weighted by Gasteiger charge is -2.14. The van der Waals surface area contributed by atoms with Gasteiger partial charge in [-0.2, -0.15) is 0 Å². The number of aromatic nitrogens is 3. The largest absolute Gasteiger partial charge is 0.493 e. The van der Waals surface area contributed by atoms with Crippen LogP contribution in [0.25, 0.3) is 11.4 Å². The van der Waals surface area contributed by atoms with Gasteiger partial charge in [0, 0.05) is 12.1 Å². The topological polar surface area (TPSA) is 78.3 Å². The van der Waals surface area contributed by atoms with Gasteiger partial charge in [-0.15, -0.1) is 16.8 Å².